The summed E-state index contributed by atoms with van der Waals surface area (Å²) in [5, 5.41) is 3.59. The number of nitrogens with zero attached hydrogens (tertiary/aromatic N) is 1. The van der Waals surface area contributed by atoms with E-state index in [0.717, 1.165) is 19.0 Å². The zero-order valence-corrected chi connectivity index (χ0v) is 11.1. The molecule has 2 aliphatic rings. The van der Waals surface area contributed by atoms with Crippen molar-refractivity contribution in [1.82, 2.24) is 5.32 Å². The Kier molecular flexibility index (Phi) is 3.84. The quantitative estimate of drug-likeness (QED) is 0.860. The highest BCUT2D eigenvalue weighted by Crippen LogP contribution is 2.31. The van der Waals surface area contributed by atoms with Crippen LogP contribution in [0.25, 0.3) is 0 Å². The zero-order chi connectivity index (χ0) is 12.2. The van der Waals surface area contributed by atoms with Crippen LogP contribution in [0.4, 0.5) is 5.69 Å². The van der Waals surface area contributed by atoms with Gasteiger partial charge in [-0.1, -0.05) is 37.5 Å². The van der Waals surface area contributed by atoms with E-state index in [1.165, 1.54) is 44.3 Å². The Bertz CT molecular complexity index is 357. The standard InChI is InChI=1S/C16H24N2/c1-3-7-14(8-4-1)16-13-17-11-12-18(16)15-9-5-2-6-10-15/h2,5-6,9-10,14,16-17H,1,3-4,7-8,11-13H2. The number of hydrogen-bond donors (Lipinski definition) is 1. The van der Waals surface area contributed by atoms with Gasteiger partial charge in [0.15, 0.2) is 0 Å². The second-order valence-electron chi connectivity index (χ2n) is 5.70. The fourth-order valence-electron chi connectivity index (χ4n) is 3.61. The minimum Gasteiger partial charge on any atom is -0.366 e. The lowest BCUT2D eigenvalue weighted by molar-refractivity contribution is 0.272. The Balaban J connectivity index is 1.77. The third-order valence-corrected chi connectivity index (χ3v) is 4.57. The van der Waals surface area contributed by atoms with E-state index in [9.17, 15) is 0 Å². The molecule has 2 fully saturated rings. The number of para-hydroxylation sites is 1. The van der Waals surface area contributed by atoms with Crippen molar-refractivity contribution < 1.29 is 0 Å². The molecule has 0 radical (unpaired) electrons. The predicted molar refractivity (Wildman–Crippen MR) is 77.0 cm³/mol. The molecular formula is C16H24N2. The van der Waals surface area contributed by atoms with Gasteiger partial charge in [-0.15, -0.1) is 0 Å². The molecule has 2 nitrogen and oxygen atoms in total. The van der Waals surface area contributed by atoms with Gasteiger partial charge in [0.25, 0.3) is 0 Å². The molecule has 1 aliphatic heterocycles. The minimum absolute atomic E-state index is 0.710. The van der Waals surface area contributed by atoms with E-state index in [4.69, 9.17) is 0 Å². The molecule has 1 saturated heterocycles. The fourth-order valence-corrected chi connectivity index (χ4v) is 3.61. The number of hydrogen-bond acceptors (Lipinski definition) is 2. The van der Waals surface area contributed by atoms with Crippen LogP contribution in [0.2, 0.25) is 0 Å². The highest BCUT2D eigenvalue weighted by molar-refractivity contribution is 5.48. The maximum absolute atomic E-state index is 3.59. The van der Waals surface area contributed by atoms with Gasteiger partial charge in [-0.3, -0.25) is 0 Å². The van der Waals surface area contributed by atoms with E-state index in [1.807, 2.05) is 0 Å². The first-order valence-electron chi connectivity index (χ1n) is 7.47. The summed E-state index contributed by atoms with van der Waals surface area (Å²) < 4.78 is 0. The summed E-state index contributed by atoms with van der Waals surface area (Å²) in [6, 6.07) is 11.7. The molecule has 0 bridgehead atoms. The largest absolute Gasteiger partial charge is 0.366 e. The predicted octanol–water partition coefficient (Wildman–Crippen LogP) is 3.05. The summed E-state index contributed by atoms with van der Waals surface area (Å²) in [5.41, 5.74) is 1.41. The summed E-state index contributed by atoms with van der Waals surface area (Å²) >= 11 is 0. The van der Waals surface area contributed by atoms with Crippen LogP contribution < -0.4 is 10.2 Å². The first kappa shape index (κ1) is 12.0. The Hall–Kier alpha value is -1.02. The average molecular weight is 244 g/mol. The minimum atomic E-state index is 0.710. The summed E-state index contributed by atoms with van der Waals surface area (Å²) in [4.78, 5) is 2.65. The Morgan fingerprint density at radius 3 is 2.56 bits per heavy atom. The molecule has 1 aliphatic carbocycles. The van der Waals surface area contributed by atoms with Crippen LogP contribution in [0.3, 0.4) is 0 Å². The van der Waals surface area contributed by atoms with Crippen LogP contribution in [-0.4, -0.2) is 25.7 Å². The smallest absolute Gasteiger partial charge is 0.0443 e. The van der Waals surface area contributed by atoms with Gasteiger partial charge < -0.3 is 10.2 Å². The molecule has 3 rings (SSSR count). The molecule has 1 heterocycles. The average Bonchev–Trinajstić information content (AvgIpc) is 2.49. The first-order valence-corrected chi connectivity index (χ1v) is 7.47. The summed E-state index contributed by atoms with van der Waals surface area (Å²) in [6.07, 6.45) is 7.17. The van der Waals surface area contributed by atoms with Gasteiger partial charge >= 0.3 is 0 Å². The molecule has 18 heavy (non-hydrogen) atoms. The molecule has 0 amide bonds. The molecule has 1 unspecified atom stereocenters. The van der Waals surface area contributed by atoms with Crippen molar-refractivity contribution in [1.29, 1.82) is 0 Å². The normalized spacial score (nSPS) is 26.2. The number of rotatable bonds is 2. The molecular weight excluding hydrogens is 220 g/mol. The van der Waals surface area contributed by atoms with E-state index >= 15 is 0 Å². The van der Waals surface area contributed by atoms with Crippen molar-refractivity contribution in [2.24, 2.45) is 5.92 Å². The number of anilines is 1. The maximum Gasteiger partial charge on any atom is 0.0443 e. The summed E-state index contributed by atoms with van der Waals surface area (Å²) in [5.74, 6) is 0.895. The van der Waals surface area contributed by atoms with Crippen molar-refractivity contribution in [3.05, 3.63) is 30.3 Å². The van der Waals surface area contributed by atoms with Crippen molar-refractivity contribution in [3.63, 3.8) is 0 Å². The van der Waals surface area contributed by atoms with Gasteiger partial charge in [-0.2, -0.15) is 0 Å². The number of nitrogens with one attached hydrogen (secondary N) is 1. The van der Waals surface area contributed by atoms with Crippen molar-refractivity contribution in [3.8, 4) is 0 Å². The van der Waals surface area contributed by atoms with Crippen LogP contribution >= 0.6 is 0 Å². The Labute approximate surface area is 110 Å². The van der Waals surface area contributed by atoms with Crippen LogP contribution in [0, 0.1) is 5.92 Å². The third-order valence-electron chi connectivity index (χ3n) is 4.57. The van der Waals surface area contributed by atoms with Crippen LogP contribution in [-0.2, 0) is 0 Å². The van der Waals surface area contributed by atoms with E-state index in [2.05, 4.69) is 40.5 Å². The number of benzene rings is 1. The van der Waals surface area contributed by atoms with Gasteiger partial charge in [0.05, 0.1) is 0 Å². The lowest BCUT2D eigenvalue weighted by Gasteiger charge is -2.43. The van der Waals surface area contributed by atoms with Crippen LogP contribution in [0.15, 0.2) is 30.3 Å². The third kappa shape index (κ3) is 2.54. The molecule has 0 spiro atoms. The highest BCUT2D eigenvalue weighted by atomic mass is 15.2. The van der Waals surface area contributed by atoms with Gasteiger partial charge in [0, 0.05) is 31.4 Å². The Morgan fingerprint density at radius 2 is 1.78 bits per heavy atom. The lowest BCUT2D eigenvalue weighted by atomic mass is 9.82. The van der Waals surface area contributed by atoms with Crippen molar-refractivity contribution >= 4 is 5.69 Å². The second kappa shape index (κ2) is 5.75. The van der Waals surface area contributed by atoms with Crippen molar-refractivity contribution in [2.45, 2.75) is 38.1 Å². The van der Waals surface area contributed by atoms with Gasteiger partial charge in [0.1, 0.15) is 0 Å². The molecule has 1 saturated carbocycles. The fraction of sp³-hybridized carbons (Fsp3) is 0.625. The molecule has 1 aromatic rings. The second-order valence-corrected chi connectivity index (χ2v) is 5.70. The van der Waals surface area contributed by atoms with E-state index in [-0.39, 0.29) is 0 Å². The van der Waals surface area contributed by atoms with Crippen LogP contribution in [0.5, 0.6) is 0 Å². The van der Waals surface area contributed by atoms with E-state index < -0.39 is 0 Å². The van der Waals surface area contributed by atoms with Gasteiger partial charge in [0.2, 0.25) is 0 Å². The van der Waals surface area contributed by atoms with E-state index in [1.54, 1.807) is 0 Å². The van der Waals surface area contributed by atoms with Gasteiger partial charge in [-0.05, 0) is 30.9 Å². The van der Waals surface area contributed by atoms with E-state index in [0.29, 0.717) is 6.04 Å². The topological polar surface area (TPSA) is 15.3 Å². The summed E-state index contributed by atoms with van der Waals surface area (Å²) in [6.45, 7) is 3.45. The first-order chi connectivity index (χ1) is 8.95. The lowest BCUT2D eigenvalue weighted by Crippen LogP contribution is -2.55. The molecule has 2 heteroatoms. The molecule has 98 valence electrons. The maximum atomic E-state index is 3.59. The molecule has 1 atom stereocenters. The number of piperazine rings is 1. The highest BCUT2D eigenvalue weighted by Gasteiger charge is 2.30. The summed E-state index contributed by atoms with van der Waals surface area (Å²) in [7, 11) is 0. The molecule has 1 aromatic carbocycles. The van der Waals surface area contributed by atoms with Crippen LogP contribution in [0.1, 0.15) is 32.1 Å². The van der Waals surface area contributed by atoms with Crippen molar-refractivity contribution in [2.75, 3.05) is 24.5 Å². The Morgan fingerprint density at radius 1 is 1.00 bits per heavy atom. The molecule has 0 aromatic heterocycles. The zero-order valence-electron chi connectivity index (χ0n) is 11.1. The molecule has 1 N–H and O–H groups in total. The SMILES string of the molecule is c1ccc(N2CCNCC2C2CCCCC2)cc1. The monoisotopic (exact) mass is 244 g/mol. The van der Waals surface area contributed by atoms with Gasteiger partial charge in [-0.25, -0.2) is 0 Å².